The Morgan fingerprint density at radius 2 is 2.07 bits per heavy atom. The van der Waals surface area contributed by atoms with Crippen LogP contribution in [0.15, 0.2) is 6.20 Å². The summed E-state index contributed by atoms with van der Waals surface area (Å²) in [4.78, 5) is 14.4. The number of pyridine rings is 1. The third-order valence-corrected chi connectivity index (χ3v) is 2.47. The molecule has 1 rings (SSSR count). The minimum absolute atomic E-state index is 0.0658. The number of nitrogens with zero attached hydrogens (tertiary/aromatic N) is 1. The van der Waals surface area contributed by atoms with Gasteiger partial charge in [0, 0.05) is 6.20 Å². The summed E-state index contributed by atoms with van der Waals surface area (Å²) in [7, 11) is 0. The van der Waals surface area contributed by atoms with E-state index in [1.807, 2.05) is 13.8 Å². The summed E-state index contributed by atoms with van der Waals surface area (Å²) in [5.41, 5.74) is 0.473. The Hall–Kier alpha value is -0.800. The lowest BCUT2D eigenvalue weighted by Crippen LogP contribution is -2.04. The van der Waals surface area contributed by atoms with Crippen molar-refractivity contribution in [2.75, 3.05) is 0 Å². The fourth-order valence-electron chi connectivity index (χ4n) is 1.16. The SMILES string of the molecule is CC(C)c1c(Cl)cnc(C(=O)O)c1Cl. The number of aromatic nitrogens is 1. The van der Waals surface area contributed by atoms with Crippen molar-refractivity contribution in [3.05, 3.63) is 27.5 Å². The van der Waals surface area contributed by atoms with Crippen LogP contribution in [0.2, 0.25) is 10.0 Å². The van der Waals surface area contributed by atoms with Crippen LogP contribution in [0.1, 0.15) is 35.8 Å². The molecule has 0 bridgehead atoms. The summed E-state index contributed by atoms with van der Waals surface area (Å²) in [5, 5.41) is 9.30. The lowest BCUT2D eigenvalue weighted by atomic mass is 10.0. The molecule has 0 aliphatic rings. The zero-order valence-corrected chi connectivity index (χ0v) is 9.23. The van der Waals surface area contributed by atoms with Gasteiger partial charge in [0.1, 0.15) is 0 Å². The molecule has 0 atom stereocenters. The first-order chi connectivity index (χ1) is 6.45. The molecule has 3 nitrogen and oxygen atoms in total. The highest BCUT2D eigenvalue weighted by Crippen LogP contribution is 2.32. The Morgan fingerprint density at radius 3 is 2.50 bits per heavy atom. The molecule has 1 heterocycles. The maximum Gasteiger partial charge on any atom is 0.356 e. The monoisotopic (exact) mass is 233 g/mol. The van der Waals surface area contributed by atoms with E-state index in [1.54, 1.807) is 0 Å². The maximum atomic E-state index is 10.7. The molecule has 0 saturated carbocycles. The molecular formula is C9H9Cl2NO2. The number of carbonyl (C=O) groups is 1. The zero-order valence-electron chi connectivity index (χ0n) is 7.71. The number of hydrogen-bond donors (Lipinski definition) is 1. The number of aromatic carboxylic acids is 1. The van der Waals surface area contributed by atoms with Gasteiger partial charge < -0.3 is 5.11 Å². The summed E-state index contributed by atoms with van der Waals surface area (Å²) in [6.07, 6.45) is 1.31. The topological polar surface area (TPSA) is 50.2 Å². The first-order valence-electron chi connectivity index (χ1n) is 4.02. The lowest BCUT2D eigenvalue weighted by Gasteiger charge is -2.11. The summed E-state index contributed by atoms with van der Waals surface area (Å²) in [6.45, 7) is 3.78. The first kappa shape index (κ1) is 11.3. The molecule has 76 valence electrons. The second-order valence-corrected chi connectivity index (χ2v) is 3.93. The first-order valence-corrected chi connectivity index (χ1v) is 4.78. The van der Waals surface area contributed by atoms with E-state index >= 15 is 0 Å². The van der Waals surface area contributed by atoms with E-state index in [0.29, 0.717) is 10.6 Å². The average Bonchev–Trinajstić information content (AvgIpc) is 2.02. The molecule has 0 radical (unpaired) electrons. The van der Waals surface area contributed by atoms with E-state index in [0.717, 1.165) is 0 Å². The standard InChI is InChI=1S/C9H9Cl2NO2/c1-4(2)6-5(10)3-12-8(7(6)11)9(13)14/h3-4H,1-2H3,(H,13,14). The van der Waals surface area contributed by atoms with Gasteiger partial charge in [0.15, 0.2) is 5.69 Å². The van der Waals surface area contributed by atoms with Crippen LogP contribution in [-0.2, 0) is 0 Å². The van der Waals surface area contributed by atoms with Crippen LogP contribution in [0, 0.1) is 0 Å². The molecular weight excluding hydrogens is 225 g/mol. The normalized spacial score (nSPS) is 10.6. The summed E-state index contributed by atoms with van der Waals surface area (Å²) in [5.74, 6) is -1.08. The minimum Gasteiger partial charge on any atom is -0.476 e. The van der Waals surface area contributed by atoms with Crippen molar-refractivity contribution in [1.82, 2.24) is 4.98 Å². The van der Waals surface area contributed by atoms with Gasteiger partial charge >= 0.3 is 5.97 Å². The second kappa shape index (κ2) is 4.15. The molecule has 0 spiro atoms. The van der Waals surface area contributed by atoms with Crippen molar-refractivity contribution in [2.45, 2.75) is 19.8 Å². The maximum absolute atomic E-state index is 10.7. The number of halogens is 2. The molecule has 0 amide bonds. The molecule has 1 aromatic rings. The molecule has 0 aliphatic heterocycles. The van der Waals surface area contributed by atoms with E-state index in [4.69, 9.17) is 28.3 Å². The molecule has 1 N–H and O–H groups in total. The van der Waals surface area contributed by atoms with E-state index in [1.165, 1.54) is 6.20 Å². The van der Waals surface area contributed by atoms with Crippen molar-refractivity contribution in [3.8, 4) is 0 Å². The average molecular weight is 234 g/mol. The predicted octanol–water partition coefficient (Wildman–Crippen LogP) is 3.21. The van der Waals surface area contributed by atoms with E-state index in [2.05, 4.69) is 4.98 Å². The van der Waals surface area contributed by atoms with Crippen molar-refractivity contribution in [1.29, 1.82) is 0 Å². The zero-order chi connectivity index (χ0) is 10.9. The highest BCUT2D eigenvalue weighted by Gasteiger charge is 2.18. The van der Waals surface area contributed by atoms with Crippen LogP contribution < -0.4 is 0 Å². The predicted molar refractivity (Wildman–Crippen MR) is 55.3 cm³/mol. The smallest absolute Gasteiger partial charge is 0.356 e. The number of rotatable bonds is 2. The Balaban J connectivity index is 3.41. The van der Waals surface area contributed by atoms with Gasteiger partial charge in [-0.25, -0.2) is 9.78 Å². The molecule has 0 aromatic carbocycles. The molecule has 1 aromatic heterocycles. The van der Waals surface area contributed by atoms with Gasteiger partial charge in [-0.05, 0) is 11.5 Å². The van der Waals surface area contributed by atoms with E-state index in [-0.39, 0.29) is 16.6 Å². The van der Waals surface area contributed by atoms with Crippen LogP contribution in [0.25, 0.3) is 0 Å². The fraction of sp³-hybridized carbons (Fsp3) is 0.333. The Kier molecular flexibility index (Phi) is 3.34. The van der Waals surface area contributed by atoms with Crippen molar-refractivity contribution >= 4 is 29.2 Å². The van der Waals surface area contributed by atoms with Gasteiger partial charge in [0.2, 0.25) is 0 Å². The largest absolute Gasteiger partial charge is 0.476 e. The van der Waals surface area contributed by atoms with Crippen LogP contribution in [0.5, 0.6) is 0 Å². The van der Waals surface area contributed by atoms with Gasteiger partial charge in [-0.3, -0.25) is 0 Å². The van der Waals surface area contributed by atoms with Crippen molar-refractivity contribution < 1.29 is 9.90 Å². The van der Waals surface area contributed by atoms with Crippen LogP contribution in [-0.4, -0.2) is 16.1 Å². The Morgan fingerprint density at radius 1 is 1.50 bits per heavy atom. The van der Waals surface area contributed by atoms with Gasteiger partial charge in [0.25, 0.3) is 0 Å². The van der Waals surface area contributed by atoms with Gasteiger partial charge in [-0.15, -0.1) is 0 Å². The summed E-state index contributed by atoms with van der Waals surface area (Å²) >= 11 is 11.7. The third-order valence-electron chi connectivity index (χ3n) is 1.79. The van der Waals surface area contributed by atoms with Gasteiger partial charge in [-0.2, -0.15) is 0 Å². The van der Waals surface area contributed by atoms with Crippen molar-refractivity contribution in [2.24, 2.45) is 0 Å². The number of carboxylic acids is 1. The molecule has 5 heteroatoms. The van der Waals surface area contributed by atoms with Crippen LogP contribution in [0.4, 0.5) is 0 Å². The van der Waals surface area contributed by atoms with E-state index < -0.39 is 5.97 Å². The minimum atomic E-state index is -1.14. The fourth-order valence-corrected chi connectivity index (χ4v) is 2.02. The highest BCUT2D eigenvalue weighted by atomic mass is 35.5. The molecule has 0 aliphatic carbocycles. The summed E-state index contributed by atoms with van der Waals surface area (Å²) in [6, 6.07) is 0. The molecule has 14 heavy (non-hydrogen) atoms. The van der Waals surface area contributed by atoms with Gasteiger partial charge in [0.05, 0.1) is 10.0 Å². The van der Waals surface area contributed by atoms with Crippen LogP contribution in [0.3, 0.4) is 0 Å². The van der Waals surface area contributed by atoms with Gasteiger partial charge in [-0.1, -0.05) is 37.0 Å². The molecule has 0 unspecified atom stereocenters. The lowest BCUT2D eigenvalue weighted by molar-refractivity contribution is 0.0690. The van der Waals surface area contributed by atoms with E-state index in [9.17, 15) is 4.79 Å². The van der Waals surface area contributed by atoms with Crippen molar-refractivity contribution in [3.63, 3.8) is 0 Å². The Labute approximate surface area is 91.7 Å². The summed E-state index contributed by atoms with van der Waals surface area (Å²) < 4.78 is 0. The van der Waals surface area contributed by atoms with Crippen LogP contribution >= 0.6 is 23.2 Å². The quantitative estimate of drug-likeness (QED) is 0.854. The molecule has 0 fully saturated rings. The third kappa shape index (κ3) is 1.99. The molecule has 0 saturated heterocycles. The highest BCUT2D eigenvalue weighted by molar-refractivity contribution is 6.37. The number of carboxylic acid groups (broad SMARTS) is 1. The number of hydrogen-bond acceptors (Lipinski definition) is 2. The second-order valence-electron chi connectivity index (χ2n) is 3.14. The Bertz CT molecular complexity index is 377.